The molecule has 5 heteroatoms. The van der Waals surface area contributed by atoms with Gasteiger partial charge in [-0.05, 0) is 59.6 Å². The van der Waals surface area contributed by atoms with E-state index in [1.165, 1.54) is 4.88 Å². The highest BCUT2D eigenvalue weighted by atomic mass is 32.1. The van der Waals surface area contributed by atoms with E-state index in [1.54, 1.807) is 18.4 Å². The quantitative estimate of drug-likeness (QED) is 0.852. The van der Waals surface area contributed by atoms with Crippen molar-refractivity contribution in [3.8, 4) is 5.75 Å². The van der Waals surface area contributed by atoms with Crippen LogP contribution in [-0.2, 0) is 0 Å². The number of thiophene rings is 1. The molecule has 102 valence electrons. The Morgan fingerprint density at radius 2 is 2.00 bits per heavy atom. The molecule has 0 radical (unpaired) electrons. The van der Waals surface area contributed by atoms with Crippen molar-refractivity contribution >= 4 is 34.4 Å². The molecule has 2 aromatic rings. The molecule has 2 N–H and O–H groups in total. The molecule has 0 aliphatic carbocycles. The van der Waals surface area contributed by atoms with E-state index in [9.17, 15) is 0 Å². The standard InChI is InChI=1S/C15H14N2OS2/c1-18-11-6-4-10(5-7-11)12-9-13(17-15(19)16-12)14-3-2-8-20-14/h2-9,13H,1H3,(H2,16,17,19)/t13-/m1/s1. The largest absolute Gasteiger partial charge is 0.497 e. The predicted octanol–water partition coefficient (Wildman–Crippen LogP) is 3.32. The summed E-state index contributed by atoms with van der Waals surface area (Å²) in [5, 5.41) is 9.20. The number of thiocarbonyl (C=S) groups is 1. The zero-order chi connectivity index (χ0) is 13.9. The number of nitrogens with one attached hydrogen (secondary N) is 2. The third-order valence-corrected chi connectivity index (χ3v) is 4.29. The molecule has 0 spiro atoms. The summed E-state index contributed by atoms with van der Waals surface area (Å²) in [6.45, 7) is 0. The lowest BCUT2D eigenvalue weighted by Crippen LogP contribution is -2.40. The maximum Gasteiger partial charge on any atom is 0.171 e. The molecule has 0 fully saturated rings. The Morgan fingerprint density at radius 1 is 1.20 bits per heavy atom. The maximum absolute atomic E-state index is 5.30. The molecule has 0 saturated carbocycles. The van der Waals surface area contributed by atoms with Gasteiger partial charge in [-0.1, -0.05) is 6.07 Å². The topological polar surface area (TPSA) is 33.3 Å². The van der Waals surface area contributed by atoms with Crippen LogP contribution in [0.25, 0.3) is 5.70 Å². The lowest BCUT2D eigenvalue weighted by Gasteiger charge is -2.25. The zero-order valence-electron chi connectivity index (χ0n) is 10.9. The SMILES string of the molecule is COc1ccc(C2=C[C@H](c3cccs3)NC(=S)N2)cc1. The van der Waals surface area contributed by atoms with Crippen LogP contribution in [0.1, 0.15) is 16.5 Å². The number of rotatable bonds is 3. The minimum absolute atomic E-state index is 0.126. The summed E-state index contributed by atoms with van der Waals surface area (Å²) in [7, 11) is 1.67. The van der Waals surface area contributed by atoms with Gasteiger partial charge in [0.05, 0.1) is 13.2 Å². The molecule has 1 aliphatic heterocycles. The number of hydrogen-bond donors (Lipinski definition) is 2. The predicted molar refractivity (Wildman–Crippen MR) is 86.9 cm³/mol. The second-order valence-electron chi connectivity index (χ2n) is 4.40. The van der Waals surface area contributed by atoms with Crippen LogP contribution in [0.5, 0.6) is 5.75 Å². The molecule has 0 amide bonds. The molecule has 20 heavy (non-hydrogen) atoms. The highest BCUT2D eigenvalue weighted by Gasteiger charge is 2.18. The van der Waals surface area contributed by atoms with Gasteiger partial charge in [0.2, 0.25) is 0 Å². The summed E-state index contributed by atoms with van der Waals surface area (Å²) < 4.78 is 5.18. The van der Waals surface area contributed by atoms with Crippen molar-refractivity contribution in [3.05, 3.63) is 58.3 Å². The summed E-state index contributed by atoms with van der Waals surface area (Å²) in [4.78, 5) is 1.25. The first-order chi connectivity index (χ1) is 9.76. The second kappa shape index (κ2) is 5.64. The highest BCUT2D eigenvalue weighted by molar-refractivity contribution is 7.80. The first-order valence-corrected chi connectivity index (χ1v) is 7.52. The Kier molecular flexibility index (Phi) is 3.71. The van der Waals surface area contributed by atoms with E-state index >= 15 is 0 Å². The summed E-state index contributed by atoms with van der Waals surface area (Å²) in [6.07, 6.45) is 2.16. The van der Waals surface area contributed by atoms with Gasteiger partial charge < -0.3 is 15.4 Å². The molecular formula is C15H14N2OS2. The lowest BCUT2D eigenvalue weighted by molar-refractivity contribution is 0.415. The molecule has 3 rings (SSSR count). The molecule has 0 unspecified atom stereocenters. The summed E-state index contributed by atoms with van der Waals surface area (Å²) >= 11 is 7.02. The van der Waals surface area contributed by atoms with Gasteiger partial charge in [-0.2, -0.15) is 0 Å². The minimum atomic E-state index is 0.126. The van der Waals surface area contributed by atoms with E-state index in [-0.39, 0.29) is 6.04 Å². The Balaban J connectivity index is 1.92. The fourth-order valence-corrected chi connectivity index (χ4v) is 3.09. The van der Waals surface area contributed by atoms with Gasteiger partial charge in [0.15, 0.2) is 5.11 Å². The van der Waals surface area contributed by atoms with Crippen molar-refractivity contribution in [2.75, 3.05) is 7.11 Å². The van der Waals surface area contributed by atoms with Crippen LogP contribution in [-0.4, -0.2) is 12.2 Å². The first kappa shape index (κ1) is 13.1. The fourth-order valence-electron chi connectivity index (χ4n) is 2.11. The third kappa shape index (κ3) is 2.69. The van der Waals surface area contributed by atoms with Crippen LogP contribution < -0.4 is 15.4 Å². The van der Waals surface area contributed by atoms with Gasteiger partial charge in [0, 0.05) is 10.6 Å². The molecule has 3 nitrogen and oxygen atoms in total. The van der Waals surface area contributed by atoms with E-state index in [4.69, 9.17) is 17.0 Å². The number of methoxy groups -OCH3 is 1. The van der Waals surface area contributed by atoms with E-state index in [2.05, 4.69) is 28.2 Å². The van der Waals surface area contributed by atoms with Crippen LogP contribution in [0.15, 0.2) is 47.9 Å². The van der Waals surface area contributed by atoms with Gasteiger partial charge in [-0.25, -0.2) is 0 Å². The number of benzene rings is 1. The van der Waals surface area contributed by atoms with Crippen molar-refractivity contribution < 1.29 is 4.74 Å². The molecule has 1 aromatic carbocycles. The van der Waals surface area contributed by atoms with E-state index in [1.807, 2.05) is 30.3 Å². The second-order valence-corrected chi connectivity index (χ2v) is 5.79. The van der Waals surface area contributed by atoms with Crippen molar-refractivity contribution in [2.24, 2.45) is 0 Å². The van der Waals surface area contributed by atoms with Crippen LogP contribution in [0, 0.1) is 0 Å². The molecule has 1 aliphatic rings. The third-order valence-electron chi connectivity index (χ3n) is 3.12. The average Bonchev–Trinajstić information content (AvgIpc) is 3.01. The van der Waals surface area contributed by atoms with Crippen LogP contribution in [0.2, 0.25) is 0 Å². The highest BCUT2D eigenvalue weighted by Crippen LogP contribution is 2.27. The van der Waals surface area contributed by atoms with Crippen molar-refractivity contribution in [2.45, 2.75) is 6.04 Å². The van der Waals surface area contributed by atoms with E-state index in [0.717, 1.165) is 17.0 Å². The first-order valence-electron chi connectivity index (χ1n) is 6.23. The van der Waals surface area contributed by atoms with E-state index in [0.29, 0.717) is 5.11 Å². The molecule has 2 heterocycles. The molecule has 0 bridgehead atoms. The monoisotopic (exact) mass is 302 g/mol. The smallest absolute Gasteiger partial charge is 0.171 e. The van der Waals surface area contributed by atoms with Gasteiger partial charge in [0.25, 0.3) is 0 Å². The molecule has 0 saturated heterocycles. The van der Waals surface area contributed by atoms with Crippen molar-refractivity contribution in [1.82, 2.24) is 10.6 Å². The lowest BCUT2D eigenvalue weighted by atomic mass is 10.1. The number of hydrogen-bond acceptors (Lipinski definition) is 3. The van der Waals surface area contributed by atoms with Crippen molar-refractivity contribution in [3.63, 3.8) is 0 Å². The molecule has 1 atom stereocenters. The Bertz CT molecular complexity index is 632. The zero-order valence-corrected chi connectivity index (χ0v) is 12.6. The maximum atomic E-state index is 5.30. The minimum Gasteiger partial charge on any atom is -0.497 e. The summed E-state index contributed by atoms with van der Waals surface area (Å²) in [5.41, 5.74) is 2.12. The molecule has 1 aromatic heterocycles. The van der Waals surface area contributed by atoms with Crippen LogP contribution in [0.3, 0.4) is 0 Å². The van der Waals surface area contributed by atoms with Gasteiger partial charge in [0.1, 0.15) is 5.75 Å². The Labute approximate surface area is 127 Å². The Hall–Kier alpha value is -1.85. The van der Waals surface area contributed by atoms with Gasteiger partial charge in [-0.3, -0.25) is 0 Å². The average molecular weight is 302 g/mol. The van der Waals surface area contributed by atoms with Gasteiger partial charge in [-0.15, -0.1) is 11.3 Å². The van der Waals surface area contributed by atoms with E-state index < -0.39 is 0 Å². The molecular weight excluding hydrogens is 288 g/mol. The summed E-state index contributed by atoms with van der Waals surface area (Å²) in [5.74, 6) is 0.848. The normalized spacial score (nSPS) is 17.9. The Morgan fingerprint density at radius 3 is 2.65 bits per heavy atom. The van der Waals surface area contributed by atoms with Gasteiger partial charge >= 0.3 is 0 Å². The summed E-state index contributed by atoms with van der Waals surface area (Å²) in [6, 6.07) is 12.2. The fraction of sp³-hybridized carbons (Fsp3) is 0.133. The van der Waals surface area contributed by atoms with Crippen molar-refractivity contribution in [1.29, 1.82) is 0 Å². The van der Waals surface area contributed by atoms with Crippen LogP contribution in [0.4, 0.5) is 0 Å². The number of ether oxygens (including phenoxy) is 1. The van der Waals surface area contributed by atoms with Crippen LogP contribution >= 0.6 is 23.6 Å².